The van der Waals surface area contributed by atoms with Crippen LogP contribution in [0.2, 0.25) is 0 Å². The number of anilines is 1. The predicted molar refractivity (Wildman–Crippen MR) is 74.0 cm³/mol. The number of pyridine rings is 1. The third kappa shape index (κ3) is 2.43. The second kappa shape index (κ2) is 5.66. The maximum absolute atomic E-state index is 11.8. The lowest BCUT2D eigenvalue weighted by Crippen LogP contribution is -2.21. The zero-order valence-electron chi connectivity index (χ0n) is 11.3. The van der Waals surface area contributed by atoms with Crippen LogP contribution < -0.4 is 4.90 Å². The number of hydrogen-bond donors (Lipinski definition) is 0. The summed E-state index contributed by atoms with van der Waals surface area (Å²) in [5.74, 6) is 0.0844. The van der Waals surface area contributed by atoms with E-state index in [2.05, 4.69) is 15.1 Å². The Morgan fingerprint density at radius 1 is 1.25 bits per heavy atom. The number of nitroso groups, excluding NO2 is 1. The molecule has 6 heteroatoms. The first kappa shape index (κ1) is 13.2. The van der Waals surface area contributed by atoms with Gasteiger partial charge in [-0.3, -0.25) is 4.79 Å². The number of amides is 1. The molecule has 0 radical (unpaired) electrons. The first-order chi connectivity index (χ1) is 9.79. The Morgan fingerprint density at radius 2 is 2.00 bits per heavy atom. The van der Waals surface area contributed by atoms with Crippen molar-refractivity contribution in [3.8, 4) is 0 Å². The molecule has 1 aromatic heterocycles. The molecule has 2 aliphatic heterocycles. The van der Waals surface area contributed by atoms with Gasteiger partial charge in [0.05, 0.1) is 18.8 Å². The second-order valence-corrected chi connectivity index (χ2v) is 5.16. The molecular formula is C14H17N3O3. The number of carbonyl (C=O) groups excluding carboxylic acids is 1. The summed E-state index contributed by atoms with van der Waals surface area (Å²) in [7, 11) is 0. The fourth-order valence-electron chi connectivity index (χ4n) is 2.89. The van der Waals surface area contributed by atoms with Crippen molar-refractivity contribution >= 4 is 11.7 Å². The fourth-order valence-corrected chi connectivity index (χ4v) is 2.89. The van der Waals surface area contributed by atoms with Crippen molar-refractivity contribution in [2.45, 2.75) is 25.7 Å². The van der Waals surface area contributed by atoms with Gasteiger partial charge in [0, 0.05) is 30.4 Å². The van der Waals surface area contributed by atoms with Gasteiger partial charge in [-0.15, -0.1) is 4.91 Å². The number of hydrogen-bond acceptors (Lipinski definition) is 5. The summed E-state index contributed by atoms with van der Waals surface area (Å²) in [6.45, 7) is 3.05. The van der Waals surface area contributed by atoms with E-state index in [1.807, 2.05) is 0 Å². The highest BCUT2D eigenvalue weighted by Crippen LogP contribution is 2.26. The molecule has 1 fully saturated rings. The summed E-state index contributed by atoms with van der Waals surface area (Å²) < 4.78 is 5.44. The summed E-state index contributed by atoms with van der Waals surface area (Å²) in [6.07, 6.45) is 3.56. The normalized spacial score (nSPS) is 18.5. The second-order valence-electron chi connectivity index (χ2n) is 5.16. The summed E-state index contributed by atoms with van der Waals surface area (Å²) in [6, 6.07) is 1.72. The number of carbonyl (C=O) groups is 1. The Balaban J connectivity index is 2.07. The van der Waals surface area contributed by atoms with Crippen molar-refractivity contribution in [2.24, 2.45) is 5.18 Å². The van der Waals surface area contributed by atoms with Gasteiger partial charge in [-0.2, -0.15) is 0 Å². The predicted octanol–water partition coefficient (Wildman–Crippen LogP) is 1.70. The highest BCUT2D eigenvalue weighted by molar-refractivity contribution is 5.97. The van der Waals surface area contributed by atoms with E-state index in [0.717, 1.165) is 43.0 Å². The van der Waals surface area contributed by atoms with E-state index in [1.165, 1.54) is 0 Å². The third-order valence-electron chi connectivity index (χ3n) is 3.92. The van der Waals surface area contributed by atoms with E-state index in [-0.39, 0.29) is 0 Å². The van der Waals surface area contributed by atoms with Crippen molar-refractivity contribution in [1.82, 2.24) is 4.98 Å². The van der Waals surface area contributed by atoms with E-state index in [0.29, 0.717) is 31.6 Å². The molecule has 0 unspecified atom stereocenters. The summed E-state index contributed by atoms with van der Waals surface area (Å²) in [5, 5.41) is 2.59. The quantitative estimate of drug-likeness (QED) is 0.768. The van der Waals surface area contributed by atoms with Crippen molar-refractivity contribution in [3.63, 3.8) is 0 Å². The van der Waals surface area contributed by atoms with Crippen LogP contribution in [-0.4, -0.2) is 37.2 Å². The van der Waals surface area contributed by atoms with Gasteiger partial charge < -0.3 is 9.64 Å². The average molecular weight is 275 g/mol. The van der Waals surface area contributed by atoms with Crippen molar-refractivity contribution < 1.29 is 9.53 Å². The first-order valence-electron chi connectivity index (χ1n) is 7.03. The van der Waals surface area contributed by atoms with Crippen LogP contribution in [0.3, 0.4) is 0 Å². The molecule has 1 saturated heterocycles. The highest BCUT2D eigenvalue weighted by Gasteiger charge is 2.23. The van der Waals surface area contributed by atoms with Crippen LogP contribution in [0, 0.1) is 4.91 Å². The van der Waals surface area contributed by atoms with Crippen LogP contribution in [0.5, 0.6) is 0 Å². The van der Waals surface area contributed by atoms with Gasteiger partial charge in [0.2, 0.25) is 0 Å². The smallest absolute Gasteiger partial charge is 0.317 e. The van der Waals surface area contributed by atoms with Crippen LogP contribution in [0.25, 0.3) is 0 Å². The zero-order chi connectivity index (χ0) is 13.9. The number of aromatic nitrogens is 1. The molecule has 0 aromatic carbocycles. The van der Waals surface area contributed by atoms with Gasteiger partial charge in [-0.1, -0.05) is 0 Å². The first-order valence-corrected chi connectivity index (χ1v) is 7.03. The Labute approximate surface area is 117 Å². The molecule has 1 amide bonds. The molecule has 0 aliphatic carbocycles. The molecule has 0 atom stereocenters. The molecule has 106 valence electrons. The molecule has 3 rings (SSSR count). The molecule has 0 N–H and O–H groups in total. The van der Waals surface area contributed by atoms with E-state index >= 15 is 0 Å². The van der Waals surface area contributed by atoms with Gasteiger partial charge in [0.25, 0.3) is 0 Å². The van der Waals surface area contributed by atoms with Crippen molar-refractivity contribution in [2.75, 3.05) is 31.2 Å². The summed E-state index contributed by atoms with van der Waals surface area (Å²) >= 11 is 0. The molecule has 0 bridgehead atoms. The molecule has 0 saturated carbocycles. The van der Waals surface area contributed by atoms with Crippen LogP contribution in [-0.2, 0) is 17.6 Å². The SMILES string of the molecule is O=NC(=O)c1cc(N2CCCC2)nc2c1CCOCC2. The molecule has 2 aliphatic rings. The maximum Gasteiger partial charge on any atom is 0.317 e. The van der Waals surface area contributed by atoms with E-state index in [4.69, 9.17) is 4.74 Å². The van der Waals surface area contributed by atoms with Gasteiger partial charge in [0.15, 0.2) is 0 Å². The molecule has 0 spiro atoms. The lowest BCUT2D eigenvalue weighted by molar-refractivity contribution is 0.0999. The minimum absolute atomic E-state index is 0.400. The van der Waals surface area contributed by atoms with Crippen molar-refractivity contribution in [3.05, 3.63) is 27.8 Å². The molecule has 1 aromatic rings. The third-order valence-corrected chi connectivity index (χ3v) is 3.92. The van der Waals surface area contributed by atoms with Crippen LogP contribution in [0.1, 0.15) is 34.5 Å². The van der Waals surface area contributed by atoms with Gasteiger partial charge in [-0.25, -0.2) is 4.98 Å². The van der Waals surface area contributed by atoms with Crippen LogP contribution in [0.15, 0.2) is 11.2 Å². The van der Waals surface area contributed by atoms with Crippen LogP contribution in [0.4, 0.5) is 5.82 Å². The fraction of sp³-hybridized carbons (Fsp3) is 0.571. The van der Waals surface area contributed by atoms with E-state index < -0.39 is 5.91 Å². The van der Waals surface area contributed by atoms with Crippen LogP contribution >= 0.6 is 0 Å². The van der Waals surface area contributed by atoms with Gasteiger partial charge in [0.1, 0.15) is 5.82 Å². The average Bonchev–Trinajstić information content (AvgIpc) is 2.91. The largest absolute Gasteiger partial charge is 0.381 e. The maximum atomic E-state index is 11.8. The van der Waals surface area contributed by atoms with Gasteiger partial charge in [-0.05, 0) is 30.9 Å². The Bertz CT molecular complexity index is 539. The van der Waals surface area contributed by atoms with Gasteiger partial charge >= 0.3 is 5.91 Å². The summed E-state index contributed by atoms with van der Waals surface area (Å²) in [4.78, 5) is 29.3. The Kier molecular flexibility index (Phi) is 3.73. The summed E-state index contributed by atoms with van der Waals surface area (Å²) in [5.41, 5.74) is 2.10. The topological polar surface area (TPSA) is 71.9 Å². The highest BCUT2D eigenvalue weighted by atomic mass is 16.5. The molecular weight excluding hydrogens is 258 g/mol. The number of ether oxygens (including phenoxy) is 1. The Hall–Kier alpha value is -1.82. The molecule has 3 heterocycles. The zero-order valence-corrected chi connectivity index (χ0v) is 11.3. The van der Waals surface area contributed by atoms with E-state index in [9.17, 15) is 9.70 Å². The minimum atomic E-state index is -0.703. The number of rotatable bonds is 2. The Morgan fingerprint density at radius 3 is 2.75 bits per heavy atom. The molecule has 6 nitrogen and oxygen atoms in total. The molecule has 20 heavy (non-hydrogen) atoms. The number of fused-ring (bicyclic) bond motifs is 1. The number of nitrogens with zero attached hydrogens (tertiary/aromatic N) is 3. The van der Waals surface area contributed by atoms with Crippen molar-refractivity contribution in [1.29, 1.82) is 0 Å². The monoisotopic (exact) mass is 275 g/mol. The minimum Gasteiger partial charge on any atom is -0.381 e. The lowest BCUT2D eigenvalue weighted by Gasteiger charge is -2.19. The lowest BCUT2D eigenvalue weighted by atomic mass is 10.0. The van der Waals surface area contributed by atoms with E-state index in [1.54, 1.807) is 6.07 Å². The standard InChI is InChI=1S/C14H17N3O3/c18-14(16-19)11-9-13(17-5-1-2-6-17)15-12-4-8-20-7-3-10(11)12/h9H,1-8H2.